The summed E-state index contributed by atoms with van der Waals surface area (Å²) in [5.41, 5.74) is 10.2. The fraction of sp³-hybridized carbons (Fsp3) is 0.0625. The molecule has 8 rings (SSSR count). The molecule has 2 unspecified atom stereocenters. The van der Waals surface area contributed by atoms with Crippen LogP contribution >= 0.6 is 0 Å². The Morgan fingerprint density at radius 2 is 0.923 bits per heavy atom. The summed E-state index contributed by atoms with van der Waals surface area (Å²) in [4.78, 5) is 0. The largest absolute Gasteiger partial charge is 1.00 e. The fourth-order valence-corrected chi connectivity index (χ4v) is 10.6. The quantitative estimate of drug-likeness (QED) is 0.297. The van der Waals surface area contributed by atoms with Crippen molar-refractivity contribution in [2.24, 2.45) is 0 Å². The molecule has 0 bridgehead atoms. The van der Waals surface area contributed by atoms with Gasteiger partial charge in [-0.2, -0.15) is 0 Å². The van der Waals surface area contributed by atoms with Gasteiger partial charge in [0.2, 0.25) is 0 Å². The van der Waals surface area contributed by atoms with Crippen molar-refractivity contribution in [2.75, 3.05) is 0 Å². The molecule has 188 valence electrons. The maximum atomic E-state index is 5.00. The summed E-state index contributed by atoms with van der Waals surface area (Å²) in [5, 5.41) is 12.4. The summed E-state index contributed by atoms with van der Waals surface area (Å²) in [7, 11) is 0. The molecule has 39 heavy (non-hydrogen) atoms. The molecule has 0 N–H and O–H groups in total. The van der Waals surface area contributed by atoms with Crippen LogP contribution < -0.4 is 24.8 Å². The van der Waals surface area contributed by atoms with Crippen LogP contribution in [0.15, 0.2) is 109 Å². The van der Waals surface area contributed by atoms with Crippen molar-refractivity contribution in [3.05, 3.63) is 132 Å². The van der Waals surface area contributed by atoms with Gasteiger partial charge in [-0.25, -0.2) is 0 Å². The van der Waals surface area contributed by atoms with Gasteiger partial charge in [-0.15, -0.1) is 0 Å². The Balaban J connectivity index is 0.00000138. The van der Waals surface area contributed by atoms with Gasteiger partial charge in [-0.3, -0.25) is 0 Å². The van der Waals surface area contributed by atoms with Crippen molar-refractivity contribution in [3.63, 3.8) is 0 Å². The van der Waals surface area contributed by atoms with Crippen molar-refractivity contribution in [3.8, 4) is 0 Å². The van der Waals surface area contributed by atoms with Crippen molar-refractivity contribution in [1.82, 2.24) is 19.6 Å². The van der Waals surface area contributed by atoms with Gasteiger partial charge in [0, 0.05) is 0 Å². The normalized spacial score (nSPS) is 17.0. The number of allylic oxidation sites excluding steroid dienone is 2. The van der Waals surface area contributed by atoms with Gasteiger partial charge in [-0.05, 0) is 0 Å². The molecule has 2 aliphatic carbocycles. The standard InChI is InChI=1S/2C16H11N2.2ClH.Zr/c2*1-2-6-13-10-15(9-12(13)5-1)18-11-14-7-3-4-8-16(14)17-18;;;/h2*1-11H;2*1H;/q;;;;+2/p-2. The van der Waals surface area contributed by atoms with Crippen LogP contribution in [0.25, 0.3) is 45.4 Å². The van der Waals surface area contributed by atoms with Crippen molar-refractivity contribution in [2.45, 2.75) is 7.25 Å². The van der Waals surface area contributed by atoms with Crippen LogP contribution in [-0.2, 0) is 23.2 Å². The van der Waals surface area contributed by atoms with Crippen molar-refractivity contribution in [1.29, 1.82) is 0 Å². The average Bonchev–Trinajstić information content (AvgIpc) is 3.71. The number of hydrogen-bond acceptors (Lipinski definition) is 2. The van der Waals surface area contributed by atoms with E-state index in [0.29, 0.717) is 7.25 Å². The van der Waals surface area contributed by atoms with Gasteiger partial charge in [0.15, 0.2) is 0 Å². The SMILES string of the molecule is C1=C(n2cc3ccccc3n2)[CH]([Zr+2][CH]2C(n3cc4ccccc4n3)=Cc3ccccc32)c2ccccc21.[Cl-].[Cl-]. The molecule has 0 fully saturated rings. The number of hydrogen-bond donors (Lipinski definition) is 0. The third-order valence-corrected chi connectivity index (χ3v) is 12.1. The van der Waals surface area contributed by atoms with Crippen LogP contribution in [0.4, 0.5) is 0 Å². The Bertz CT molecular complexity index is 1700. The van der Waals surface area contributed by atoms with E-state index in [1.165, 1.54) is 44.4 Å². The molecule has 2 aliphatic rings. The molecule has 4 nitrogen and oxygen atoms in total. The molecular weight excluding hydrogens is 603 g/mol. The third kappa shape index (κ3) is 4.34. The van der Waals surface area contributed by atoms with Crippen LogP contribution in [0, 0.1) is 0 Å². The zero-order valence-electron chi connectivity index (χ0n) is 20.7. The smallest absolute Gasteiger partial charge is 1.00 e. The Labute approximate surface area is 250 Å². The Kier molecular flexibility index (Phi) is 6.93. The molecule has 2 aromatic heterocycles. The zero-order valence-corrected chi connectivity index (χ0v) is 24.7. The van der Waals surface area contributed by atoms with Crippen LogP contribution in [0.5, 0.6) is 0 Å². The molecule has 6 aromatic rings. The maximum Gasteiger partial charge on any atom is -1.00 e. The van der Waals surface area contributed by atoms with Crippen molar-refractivity contribution >= 4 is 45.4 Å². The number of halogens is 2. The first kappa shape index (κ1) is 26.0. The summed E-state index contributed by atoms with van der Waals surface area (Å²) in [6.45, 7) is 0. The Morgan fingerprint density at radius 3 is 1.38 bits per heavy atom. The molecular formula is C32H22Cl2N4Zr. The topological polar surface area (TPSA) is 35.6 Å². The molecule has 0 amide bonds. The minimum absolute atomic E-state index is 0. The zero-order chi connectivity index (χ0) is 24.3. The van der Waals surface area contributed by atoms with Gasteiger partial charge in [-0.1, -0.05) is 0 Å². The Morgan fingerprint density at radius 1 is 0.513 bits per heavy atom. The first-order chi connectivity index (χ1) is 18.3. The van der Waals surface area contributed by atoms with Gasteiger partial charge in [0.05, 0.1) is 0 Å². The van der Waals surface area contributed by atoms with Crippen LogP contribution in [0.1, 0.15) is 29.5 Å². The number of fused-ring (bicyclic) bond motifs is 4. The van der Waals surface area contributed by atoms with E-state index in [4.69, 9.17) is 10.2 Å². The maximum absolute atomic E-state index is 5.00. The third-order valence-electron chi connectivity index (χ3n) is 7.50. The summed E-state index contributed by atoms with van der Waals surface area (Å²) in [6, 6.07) is 34.6. The van der Waals surface area contributed by atoms with Gasteiger partial charge >= 0.3 is 227 Å². The monoisotopic (exact) mass is 622 g/mol. The molecule has 0 saturated carbocycles. The van der Waals surface area contributed by atoms with E-state index in [-0.39, 0.29) is 24.8 Å². The number of rotatable bonds is 4. The van der Waals surface area contributed by atoms with Crippen molar-refractivity contribution < 1.29 is 48.0 Å². The number of benzene rings is 4. The average molecular weight is 625 g/mol. The number of aromatic nitrogens is 4. The van der Waals surface area contributed by atoms with Crippen LogP contribution in [0.2, 0.25) is 0 Å². The summed E-state index contributed by atoms with van der Waals surface area (Å²) in [5.74, 6) is 0. The van der Waals surface area contributed by atoms with E-state index in [1.807, 2.05) is 0 Å². The Hall–Kier alpha value is -3.24. The second-order valence-corrected chi connectivity index (χ2v) is 13.4. The van der Waals surface area contributed by atoms with E-state index >= 15 is 0 Å². The first-order valence-corrected chi connectivity index (χ1v) is 15.4. The number of nitrogens with zero attached hydrogens (tertiary/aromatic N) is 4. The summed E-state index contributed by atoms with van der Waals surface area (Å²) in [6.07, 6.45) is 9.11. The molecule has 0 saturated heterocycles. The van der Waals surface area contributed by atoms with Gasteiger partial charge in [0.25, 0.3) is 0 Å². The summed E-state index contributed by atoms with van der Waals surface area (Å²) < 4.78 is 5.06. The van der Waals surface area contributed by atoms with E-state index in [9.17, 15) is 0 Å². The molecule has 2 atom stereocenters. The van der Waals surface area contributed by atoms with Gasteiger partial charge < -0.3 is 24.8 Å². The minimum Gasteiger partial charge on any atom is -1.00 e. The molecule has 7 heteroatoms. The van der Waals surface area contributed by atoms with Crippen LogP contribution in [0.3, 0.4) is 0 Å². The second-order valence-electron chi connectivity index (χ2n) is 9.69. The predicted molar refractivity (Wildman–Crippen MR) is 146 cm³/mol. The van der Waals surface area contributed by atoms with E-state index in [1.54, 1.807) is 0 Å². The molecule has 0 spiro atoms. The summed E-state index contributed by atoms with van der Waals surface area (Å²) >= 11 is -1.15. The molecule has 0 radical (unpaired) electrons. The van der Waals surface area contributed by atoms with E-state index in [2.05, 4.69) is 131 Å². The first-order valence-electron chi connectivity index (χ1n) is 12.6. The van der Waals surface area contributed by atoms with E-state index < -0.39 is 23.2 Å². The predicted octanol–water partition coefficient (Wildman–Crippen LogP) is 1.28. The van der Waals surface area contributed by atoms with Crippen LogP contribution in [-0.4, -0.2) is 19.6 Å². The molecule has 0 aliphatic heterocycles. The molecule has 4 aromatic carbocycles. The second kappa shape index (κ2) is 10.4. The van der Waals surface area contributed by atoms with Gasteiger partial charge in [0.1, 0.15) is 0 Å². The minimum atomic E-state index is -1.15. The van der Waals surface area contributed by atoms with E-state index in [0.717, 1.165) is 11.0 Å². The molecule has 2 heterocycles. The fourth-order valence-electron chi connectivity index (χ4n) is 5.72.